The zero-order chi connectivity index (χ0) is 6.50. The van der Waals surface area contributed by atoms with Crippen molar-refractivity contribution in [1.82, 2.24) is 0 Å². The molecule has 0 saturated carbocycles. The molecule has 10 heteroatoms. The molecule has 0 heterocycles. The summed E-state index contributed by atoms with van der Waals surface area (Å²) in [5.41, 5.74) is 0. The SMILES string of the molecule is O=P([O-])([O-])[O-].[Na+].[Na+].[Na+].[O]=[Ni]. The van der Waals surface area contributed by atoms with Crippen LogP contribution in [-0.2, 0) is 23.9 Å². The first kappa shape index (κ1) is 29.2. The van der Waals surface area contributed by atoms with Crippen molar-refractivity contribution in [2.75, 3.05) is 0 Å². The first-order valence-electron chi connectivity index (χ1n) is 0.859. The Morgan fingerprint density at radius 2 is 0.900 bits per heavy atom. The third-order valence-electron chi connectivity index (χ3n) is 0. The van der Waals surface area contributed by atoms with Gasteiger partial charge in [0.2, 0.25) is 0 Å². The molecular weight excluding hydrogens is 239 g/mol. The predicted octanol–water partition coefficient (Wildman–Crippen LogP) is -11.9. The Kier molecular flexibility index (Phi) is 53.3. The Hall–Kier alpha value is 3.40. The van der Waals surface area contributed by atoms with Crippen molar-refractivity contribution in [3.8, 4) is 0 Å². The van der Waals surface area contributed by atoms with Crippen LogP contribution >= 0.6 is 7.82 Å². The van der Waals surface area contributed by atoms with Crippen LogP contribution in [0, 0.1) is 0 Å². The van der Waals surface area contributed by atoms with Gasteiger partial charge in [0.15, 0.2) is 0 Å². The van der Waals surface area contributed by atoms with Gasteiger partial charge in [0.25, 0.3) is 0 Å². The molecule has 0 unspecified atom stereocenters. The maximum atomic E-state index is 8.55. The van der Waals surface area contributed by atoms with Crippen LogP contribution in [0.3, 0.4) is 0 Å². The molecule has 0 fully saturated rings. The Morgan fingerprint density at radius 3 is 0.900 bits per heavy atom. The average molecular weight is 239 g/mol. The third-order valence-corrected chi connectivity index (χ3v) is 0. The molecule has 48 valence electrons. The summed E-state index contributed by atoms with van der Waals surface area (Å²) in [6.07, 6.45) is 0. The second-order valence-corrected chi connectivity index (χ2v) is 1.34. The molecule has 0 N–H and O–H groups in total. The summed E-state index contributed by atoms with van der Waals surface area (Å²) in [5.74, 6) is 0. The van der Waals surface area contributed by atoms with Crippen LogP contribution in [0.15, 0.2) is 0 Å². The van der Waals surface area contributed by atoms with Crippen LogP contribution in [0.5, 0.6) is 0 Å². The van der Waals surface area contributed by atoms with Crippen molar-refractivity contribution in [2.45, 2.75) is 0 Å². The van der Waals surface area contributed by atoms with Crippen LogP contribution in [0.25, 0.3) is 0 Å². The minimum atomic E-state index is -5.39. The molecule has 10 heavy (non-hydrogen) atoms. The molecule has 0 aromatic carbocycles. The van der Waals surface area contributed by atoms with Gasteiger partial charge in [-0.05, 0) is 0 Å². The second kappa shape index (κ2) is 18.2. The molecule has 0 bridgehead atoms. The van der Waals surface area contributed by atoms with Gasteiger partial charge >= 0.3 is 108 Å². The molecule has 0 aliphatic rings. The van der Waals surface area contributed by atoms with Gasteiger partial charge in [-0.15, -0.1) is 0 Å². The van der Waals surface area contributed by atoms with Crippen LogP contribution in [0.1, 0.15) is 0 Å². The van der Waals surface area contributed by atoms with Gasteiger partial charge in [-0.1, -0.05) is 0 Å². The molecule has 0 saturated heterocycles. The summed E-state index contributed by atoms with van der Waals surface area (Å²) in [6.45, 7) is 0. The van der Waals surface area contributed by atoms with Crippen molar-refractivity contribution in [2.24, 2.45) is 0 Å². The van der Waals surface area contributed by atoms with Crippen LogP contribution in [0.2, 0.25) is 0 Å². The molecule has 0 radical (unpaired) electrons. The first-order valence-corrected chi connectivity index (χ1v) is 2.72. The van der Waals surface area contributed by atoms with E-state index in [1.165, 1.54) is 0 Å². The zero-order valence-electron chi connectivity index (χ0n) is 5.80. The predicted molar refractivity (Wildman–Crippen MR) is 8.29 cm³/mol. The van der Waals surface area contributed by atoms with Crippen LogP contribution in [0.4, 0.5) is 0 Å². The van der Waals surface area contributed by atoms with Crippen LogP contribution < -0.4 is 103 Å². The molecule has 0 aliphatic heterocycles. The van der Waals surface area contributed by atoms with Crippen molar-refractivity contribution >= 4 is 7.82 Å². The van der Waals surface area contributed by atoms with Gasteiger partial charge in [0.1, 0.15) is 0 Å². The molecule has 0 aromatic heterocycles. The number of hydrogen-bond acceptors (Lipinski definition) is 5. The zero-order valence-corrected chi connectivity index (χ0v) is 13.7. The quantitative estimate of drug-likeness (QED) is 0.308. The van der Waals surface area contributed by atoms with E-state index in [0.717, 1.165) is 0 Å². The Morgan fingerprint density at radius 1 is 0.900 bits per heavy atom. The van der Waals surface area contributed by atoms with E-state index in [1.54, 1.807) is 0 Å². The Bertz CT molecular complexity index is 72.7. The third kappa shape index (κ3) is 107. The van der Waals surface area contributed by atoms with E-state index in [-0.39, 0.29) is 88.7 Å². The molecule has 0 aliphatic carbocycles. The molecule has 0 aromatic rings. The van der Waals surface area contributed by atoms with Crippen molar-refractivity contribution < 1.29 is 127 Å². The number of hydrogen-bond donors (Lipinski definition) is 0. The fourth-order valence-electron chi connectivity index (χ4n) is 0. The van der Waals surface area contributed by atoms with E-state index < -0.39 is 7.82 Å². The van der Waals surface area contributed by atoms with Gasteiger partial charge < -0.3 is 19.2 Å². The van der Waals surface area contributed by atoms with E-state index in [4.69, 9.17) is 23.1 Å². The summed E-state index contributed by atoms with van der Waals surface area (Å²) in [6, 6.07) is 0. The van der Waals surface area contributed by atoms with Gasteiger partial charge in [-0.25, -0.2) is 0 Å². The van der Waals surface area contributed by atoms with Gasteiger partial charge in [0.05, 0.1) is 0 Å². The molecular formula is Na3NiO5P. The molecule has 0 atom stereocenters. The fraction of sp³-hybridized carbons (Fsp3) is 0. The van der Waals surface area contributed by atoms with Gasteiger partial charge in [-0.3, -0.25) is 0 Å². The van der Waals surface area contributed by atoms with Crippen molar-refractivity contribution in [1.29, 1.82) is 0 Å². The first-order chi connectivity index (χ1) is 3.00. The fourth-order valence-corrected chi connectivity index (χ4v) is 0. The van der Waals surface area contributed by atoms with Crippen molar-refractivity contribution in [3.05, 3.63) is 0 Å². The molecule has 5 nitrogen and oxygen atoms in total. The summed E-state index contributed by atoms with van der Waals surface area (Å²) in [4.78, 5) is 25.6. The Balaban J connectivity index is -0.0000000154. The minimum absolute atomic E-state index is 0. The number of rotatable bonds is 0. The van der Waals surface area contributed by atoms with E-state index in [2.05, 4.69) is 15.4 Å². The van der Waals surface area contributed by atoms with Gasteiger partial charge in [0, 0.05) is 0 Å². The van der Waals surface area contributed by atoms with E-state index in [9.17, 15) is 0 Å². The molecule has 0 spiro atoms. The molecule has 0 amide bonds. The Labute approximate surface area is 132 Å². The van der Waals surface area contributed by atoms with Crippen LogP contribution in [-0.4, -0.2) is 0 Å². The van der Waals surface area contributed by atoms with E-state index in [0.29, 0.717) is 0 Å². The normalized spacial score (nSPS) is 6.50. The summed E-state index contributed by atoms with van der Waals surface area (Å²) in [7, 11) is -5.39. The van der Waals surface area contributed by atoms with Crippen molar-refractivity contribution in [3.63, 3.8) is 0 Å². The molecule has 0 rings (SSSR count). The standard InChI is InChI=1S/3Na.Ni.H3O4P.O/c;;;;1-5(2,3)4;/h;;;;(H3,1,2,3,4);/q3*+1;;;/p-3. The summed E-state index contributed by atoms with van der Waals surface area (Å²) in [5, 5.41) is 0. The second-order valence-electron chi connectivity index (χ2n) is 0.447. The van der Waals surface area contributed by atoms with E-state index >= 15 is 0 Å². The average Bonchev–Trinajstić information content (AvgIpc) is 1.36. The number of phosphoric acid groups is 1. The van der Waals surface area contributed by atoms with Gasteiger partial charge in [-0.2, -0.15) is 7.82 Å². The summed E-state index contributed by atoms with van der Waals surface area (Å²) >= 11 is 2.62. The monoisotopic (exact) mass is 238 g/mol. The van der Waals surface area contributed by atoms with E-state index in [1.807, 2.05) is 0 Å². The maximum absolute atomic E-state index is 8.55. The summed E-state index contributed by atoms with van der Waals surface area (Å²) < 4.78 is 16.4. The topological polar surface area (TPSA) is 103 Å².